The topological polar surface area (TPSA) is 17.8 Å². The second-order valence-electron chi connectivity index (χ2n) is 10.2. The van der Waals surface area contributed by atoms with Gasteiger partial charge < -0.3 is 0 Å². The molecule has 6 aromatic rings. The molecule has 1 aromatic heterocycles. The van der Waals surface area contributed by atoms with Gasteiger partial charge in [-0.1, -0.05) is 111 Å². The van der Waals surface area contributed by atoms with Gasteiger partial charge in [0, 0.05) is 5.69 Å². The highest BCUT2D eigenvalue weighted by Gasteiger charge is 2.14. The van der Waals surface area contributed by atoms with E-state index < -0.39 is 0 Å². The SMILES string of the molecule is C=C/C=c1\c(=C/C)nc(/C(=C/C=C\C)CC)n1-c1ccc(-c2cccc3c2ccc2cc4ccccc4cc23)cc1. The first kappa shape index (κ1) is 26.3. The number of hydrogen-bond donors (Lipinski definition) is 0. The van der Waals surface area contributed by atoms with Gasteiger partial charge in [0.2, 0.25) is 0 Å². The maximum atomic E-state index is 5.05. The van der Waals surface area contributed by atoms with Crippen LogP contribution in [0.3, 0.4) is 0 Å². The third-order valence-electron chi connectivity index (χ3n) is 7.83. The van der Waals surface area contributed by atoms with Crippen LogP contribution in [-0.4, -0.2) is 9.55 Å². The summed E-state index contributed by atoms with van der Waals surface area (Å²) < 4.78 is 2.25. The lowest BCUT2D eigenvalue weighted by molar-refractivity contribution is 0.975. The van der Waals surface area contributed by atoms with E-state index in [4.69, 9.17) is 4.98 Å². The van der Waals surface area contributed by atoms with Crippen molar-refractivity contribution >= 4 is 50.0 Å². The van der Waals surface area contributed by atoms with Crippen molar-refractivity contribution in [3.63, 3.8) is 0 Å². The molecule has 0 N–H and O–H groups in total. The normalized spacial score (nSPS) is 13.3. The van der Waals surface area contributed by atoms with Gasteiger partial charge >= 0.3 is 0 Å². The van der Waals surface area contributed by atoms with Crippen molar-refractivity contribution in [2.24, 2.45) is 0 Å². The first-order chi connectivity index (χ1) is 20.2. The van der Waals surface area contributed by atoms with Crippen molar-refractivity contribution in [3.05, 3.63) is 138 Å². The van der Waals surface area contributed by atoms with Crippen molar-refractivity contribution in [1.82, 2.24) is 9.55 Å². The average Bonchev–Trinajstić information content (AvgIpc) is 3.38. The maximum absolute atomic E-state index is 5.05. The smallest absolute Gasteiger partial charge is 0.141 e. The van der Waals surface area contributed by atoms with E-state index in [2.05, 4.69) is 133 Å². The minimum Gasteiger partial charge on any atom is -0.293 e. The lowest BCUT2D eigenvalue weighted by Gasteiger charge is -2.13. The third-order valence-corrected chi connectivity index (χ3v) is 7.83. The molecule has 2 heteroatoms. The fourth-order valence-corrected chi connectivity index (χ4v) is 5.80. The quantitative estimate of drug-likeness (QED) is 0.119. The van der Waals surface area contributed by atoms with Crippen LogP contribution < -0.4 is 10.7 Å². The predicted molar refractivity (Wildman–Crippen MR) is 179 cm³/mol. The number of fused-ring (bicyclic) bond motifs is 4. The average molecular weight is 531 g/mol. The molecule has 1 heterocycles. The molecule has 0 radical (unpaired) electrons. The molecular formula is C39H34N2. The van der Waals surface area contributed by atoms with E-state index >= 15 is 0 Å². The molecule has 2 nitrogen and oxygen atoms in total. The molecule has 0 aliphatic carbocycles. The van der Waals surface area contributed by atoms with Crippen LogP contribution in [0.1, 0.15) is 33.0 Å². The van der Waals surface area contributed by atoms with E-state index in [1.807, 2.05) is 26.0 Å². The summed E-state index contributed by atoms with van der Waals surface area (Å²) in [7, 11) is 0. The minimum absolute atomic E-state index is 0.884. The molecule has 0 saturated carbocycles. The van der Waals surface area contributed by atoms with Gasteiger partial charge in [-0.15, -0.1) is 0 Å². The molecule has 0 amide bonds. The van der Waals surface area contributed by atoms with Gasteiger partial charge in [-0.2, -0.15) is 0 Å². The summed E-state index contributed by atoms with van der Waals surface area (Å²) in [5, 5.41) is 9.63. The Morgan fingerprint density at radius 1 is 0.805 bits per heavy atom. The summed E-state index contributed by atoms with van der Waals surface area (Å²) in [5.41, 5.74) is 4.69. The second-order valence-corrected chi connectivity index (χ2v) is 10.2. The highest BCUT2D eigenvalue weighted by molar-refractivity contribution is 6.15. The predicted octanol–water partition coefficient (Wildman–Crippen LogP) is 9.14. The molecule has 6 rings (SSSR count). The van der Waals surface area contributed by atoms with Crippen molar-refractivity contribution in [3.8, 4) is 16.8 Å². The minimum atomic E-state index is 0.884. The Balaban J connectivity index is 1.51. The Kier molecular flexibility index (Phi) is 7.22. The van der Waals surface area contributed by atoms with Crippen LogP contribution in [0.5, 0.6) is 0 Å². The van der Waals surface area contributed by atoms with Crippen molar-refractivity contribution < 1.29 is 0 Å². The Hall–Kier alpha value is -4.95. The number of allylic oxidation sites excluding steroid dienone is 5. The van der Waals surface area contributed by atoms with Crippen molar-refractivity contribution in [2.45, 2.75) is 27.2 Å². The fourth-order valence-electron chi connectivity index (χ4n) is 5.80. The van der Waals surface area contributed by atoms with E-state index in [-0.39, 0.29) is 0 Å². The Labute approximate surface area is 241 Å². The standard InChI is InChI=1S/C39H34N2/c1-5-9-14-27(7-3)39-40-37(8-4)38(13-6-2)41(39)32-22-19-28(20-23-32)33-17-12-18-34-35(33)24-21-31-25-29-15-10-11-16-30(29)26-36(31)34/h5-6,8-26H,2,7H2,1,3-4H3/b9-5-,27-14+,37-8+,38-13+. The van der Waals surface area contributed by atoms with Gasteiger partial charge in [-0.05, 0) is 99.6 Å². The highest BCUT2D eigenvalue weighted by atomic mass is 15.1. The first-order valence-electron chi connectivity index (χ1n) is 14.3. The second kappa shape index (κ2) is 11.3. The summed E-state index contributed by atoms with van der Waals surface area (Å²) >= 11 is 0. The number of hydrogen-bond acceptors (Lipinski definition) is 1. The zero-order valence-electron chi connectivity index (χ0n) is 23.9. The summed E-state index contributed by atoms with van der Waals surface area (Å²) in [6.45, 7) is 10.2. The summed E-state index contributed by atoms with van der Waals surface area (Å²) in [4.78, 5) is 5.05. The number of imidazole rings is 1. The molecule has 0 spiro atoms. The van der Waals surface area contributed by atoms with E-state index in [0.29, 0.717) is 0 Å². The third kappa shape index (κ3) is 4.72. The molecule has 0 aliphatic heterocycles. The molecule has 0 unspecified atom stereocenters. The number of benzene rings is 5. The van der Waals surface area contributed by atoms with Crippen LogP contribution in [0.25, 0.3) is 66.9 Å². The molecule has 0 atom stereocenters. The van der Waals surface area contributed by atoms with Crippen LogP contribution in [0.15, 0.2) is 122 Å². The van der Waals surface area contributed by atoms with Crippen LogP contribution in [0.2, 0.25) is 0 Å². The van der Waals surface area contributed by atoms with Crippen LogP contribution in [0, 0.1) is 0 Å². The maximum Gasteiger partial charge on any atom is 0.141 e. The van der Waals surface area contributed by atoms with E-state index in [9.17, 15) is 0 Å². The van der Waals surface area contributed by atoms with Gasteiger partial charge in [-0.3, -0.25) is 4.57 Å². The summed E-state index contributed by atoms with van der Waals surface area (Å²) in [6.07, 6.45) is 13.1. The number of nitrogens with zero attached hydrogens (tertiary/aromatic N) is 2. The zero-order valence-corrected chi connectivity index (χ0v) is 23.9. The Bertz CT molecular complexity index is 2100. The molecule has 0 bridgehead atoms. The lowest BCUT2D eigenvalue weighted by Crippen LogP contribution is -2.29. The number of aromatic nitrogens is 2. The molecule has 5 aromatic carbocycles. The largest absolute Gasteiger partial charge is 0.293 e. The van der Waals surface area contributed by atoms with Crippen LogP contribution in [-0.2, 0) is 0 Å². The van der Waals surface area contributed by atoms with Gasteiger partial charge in [0.1, 0.15) is 5.82 Å². The van der Waals surface area contributed by atoms with E-state index in [1.165, 1.54) is 49.0 Å². The van der Waals surface area contributed by atoms with E-state index in [0.717, 1.165) is 28.6 Å². The molecule has 200 valence electrons. The van der Waals surface area contributed by atoms with Crippen molar-refractivity contribution in [1.29, 1.82) is 0 Å². The molecular weight excluding hydrogens is 496 g/mol. The zero-order chi connectivity index (χ0) is 28.3. The molecule has 0 saturated heterocycles. The Morgan fingerprint density at radius 3 is 2.29 bits per heavy atom. The molecule has 0 aliphatic rings. The van der Waals surface area contributed by atoms with E-state index in [1.54, 1.807) is 0 Å². The summed E-state index contributed by atoms with van der Waals surface area (Å²) in [6, 6.07) is 33.2. The molecule has 41 heavy (non-hydrogen) atoms. The first-order valence-corrected chi connectivity index (χ1v) is 14.3. The van der Waals surface area contributed by atoms with Crippen LogP contribution in [0.4, 0.5) is 0 Å². The highest BCUT2D eigenvalue weighted by Crippen LogP contribution is 2.35. The monoisotopic (exact) mass is 530 g/mol. The summed E-state index contributed by atoms with van der Waals surface area (Å²) in [5.74, 6) is 0.961. The van der Waals surface area contributed by atoms with Gasteiger partial charge in [0.25, 0.3) is 0 Å². The molecule has 0 fully saturated rings. The Morgan fingerprint density at radius 2 is 1.59 bits per heavy atom. The van der Waals surface area contributed by atoms with Crippen molar-refractivity contribution in [2.75, 3.05) is 0 Å². The van der Waals surface area contributed by atoms with Gasteiger partial charge in [0.05, 0.1) is 10.7 Å². The lowest BCUT2D eigenvalue weighted by atomic mass is 9.93. The van der Waals surface area contributed by atoms with Gasteiger partial charge in [-0.25, -0.2) is 4.98 Å². The number of rotatable bonds is 6. The van der Waals surface area contributed by atoms with Crippen LogP contribution >= 0.6 is 0 Å². The fraction of sp³-hybridized carbons (Fsp3) is 0.103. The van der Waals surface area contributed by atoms with Gasteiger partial charge in [0.15, 0.2) is 0 Å².